The molecule has 4 nitrogen and oxygen atoms in total. The summed E-state index contributed by atoms with van der Waals surface area (Å²) in [7, 11) is 0. The van der Waals surface area contributed by atoms with Crippen molar-refractivity contribution in [3.8, 4) is 67.5 Å². The first-order chi connectivity index (χ1) is 26.3. The van der Waals surface area contributed by atoms with Crippen LogP contribution < -0.4 is 0 Å². The normalized spacial score (nSPS) is 12.0. The van der Waals surface area contributed by atoms with Crippen LogP contribution in [0.5, 0.6) is 5.75 Å². The molecule has 0 bridgehead atoms. The summed E-state index contributed by atoms with van der Waals surface area (Å²) < 4.78 is 2.19. The first-order valence-corrected chi connectivity index (χ1v) is 19.0. The summed E-state index contributed by atoms with van der Waals surface area (Å²) >= 11 is 0. The maximum Gasteiger partial charge on any atom is 0.149 e. The summed E-state index contributed by atoms with van der Waals surface area (Å²) in [5.74, 6) is 0.872. The molecule has 0 saturated carbocycles. The molecular weight excluding hydrogens is 671 g/mol. The van der Waals surface area contributed by atoms with Crippen molar-refractivity contribution in [2.75, 3.05) is 0 Å². The Morgan fingerprint density at radius 3 is 1.91 bits per heavy atom. The molecule has 1 N–H and O–H groups in total. The smallest absolute Gasteiger partial charge is 0.149 e. The SMILES string of the molecule is Cc1cc(-c2ccccc2)cc(-n2c(-c3ccccc3O)nc3c(-c4cc(-c5cc(-c6ccc(C(C)(C)C)cc6)ccn5)cc(C(C)(C)C)c4)cccc32)c1. The molecule has 0 aliphatic rings. The fourth-order valence-corrected chi connectivity index (χ4v) is 7.42. The molecule has 2 aromatic heterocycles. The minimum absolute atomic E-state index is 0.0950. The Labute approximate surface area is 324 Å². The van der Waals surface area contributed by atoms with E-state index in [9.17, 15) is 5.11 Å². The summed E-state index contributed by atoms with van der Waals surface area (Å²) in [5, 5.41) is 11.2. The number of phenols is 1. The molecule has 0 radical (unpaired) electrons. The van der Waals surface area contributed by atoms with Gasteiger partial charge in [-0.15, -0.1) is 0 Å². The molecule has 4 heteroatoms. The van der Waals surface area contributed by atoms with Gasteiger partial charge in [0.1, 0.15) is 11.6 Å². The van der Waals surface area contributed by atoms with Crippen molar-refractivity contribution >= 4 is 11.0 Å². The molecule has 0 spiro atoms. The van der Waals surface area contributed by atoms with Gasteiger partial charge in [0.15, 0.2) is 0 Å². The number of benzene rings is 6. The van der Waals surface area contributed by atoms with Crippen LogP contribution in [0.1, 0.15) is 58.2 Å². The number of fused-ring (bicyclic) bond motifs is 1. The zero-order valence-corrected chi connectivity index (χ0v) is 32.7. The quantitative estimate of drug-likeness (QED) is 0.186. The van der Waals surface area contributed by atoms with Gasteiger partial charge in [-0.1, -0.05) is 133 Å². The van der Waals surface area contributed by atoms with E-state index in [1.807, 2.05) is 30.5 Å². The van der Waals surface area contributed by atoms with E-state index in [2.05, 4.69) is 168 Å². The molecule has 55 heavy (non-hydrogen) atoms. The lowest BCUT2D eigenvalue weighted by atomic mass is 9.83. The number of para-hydroxylation sites is 2. The van der Waals surface area contributed by atoms with Crippen LogP contribution >= 0.6 is 0 Å². The van der Waals surface area contributed by atoms with E-state index in [0.29, 0.717) is 11.4 Å². The lowest BCUT2D eigenvalue weighted by Crippen LogP contribution is -2.11. The highest BCUT2D eigenvalue weighted by molar-refractivity contribution is 5.97. The number of aryl methyl sites for hydroxylation is 1. The average molecular weight is 718 g/mol. The van der Waals surface area contributed by atoms with Crippen LogP contribution in [0.15, 0.2) is 152 Å². The molecule has 0 aliphatic carbocycles. The van der Waals surface area contributed by atoms with Crippen molar-refractivity contribution in [2.45, 2.75) is 59.3 Å². The largest absolute Gasteiger partial charge is 0.507 e. The van der Waals surface area contributed by atoms with Gasteiger partial charge in [-0.25, -0.2) is 4.98 Å². The van der Waals surface area contributed by atoms with Crippen molar-refractivity contribution in [2.24, 2.45) is 0 Å². The summed E-state index contributed by atoms with van der Waals surface area (Å²) in [4.78, 5) is 10.3. The Morgan fingerprint density at radius 1 is 0.509 bits per heavy atom. The highest BCUT2D eigenvalue weighted by atomic mass is 16.3. The number of pyridine rings is 1. The third-order valence-corrected chi connectivity index (χ3v) is 10.5. The molecule has 272 valence electrons. The first kappa shape index (κ1) is 35.8. The molecule has 2 heterocycles. The second-order valence-corrected chi connectivity index (χ2v) is 16.7. The summed E-state index contributed by atoms with van der Waals surface area (Å²) in [6.45, 7) is 15.6. The molecule has 0 aliphatic heterocycles. The van der Waals surface area contributed by atoms with E-state index < -0.39 is 0 Å². The molecule has 0 fully saturated rings. The fraction of sp³-hybridized carbons (Fsp3) is 0.176. The van der Waals surface area contributed by atoms with E-state index in [1.54, 1.807) is 6.07 Å². The number of aromatic nitrogens is 3. The Hall–Kier alpha value is -6.26. The minimum Gasteiger partial charge on any atom is -0.507 e. The van der Waals surface area contributed by atoms with Gasteiger partial charge in [0.2, 0.25) is 0 Å². The van der Waals surface area contributed by atoms with Crippen LogP contribution in [-0.4, -0.2) is 19.6 Å². The minimum atomic E-state index is -0.116. The molecular formula is C51H47N3O. The van der Waals surface area contributed by atoms with E-state index in [4.69, 9.17) is 9.97 Å². The van der Waals surface area contributed by atoms with Gasteiger partial charge >= 0.3 is 0 Å². The van der Waals surface area contributed by atoms with Crippen LogP contribution in [0.2, 0.25) is 0 Å². The van der Waals surface area contributed by atoms with Gasteiger partial charge in [0.25, 0.3) is 0 Å². The van der Waals surface area contributed by atoms with Gasteiger partial charge in [-0.3, -0.25) is 9.55 Å². The second-order valence-electron chi connectivity index (χ2n) is 16.7. The predicted molar refractivity (Wildman–Crippen MR) is 230 cm³/mol. The number of aromatic hydroxyl groups is 1. The Balaban J connectivity index is 1.32. The van der Waals surface area contributed by atoms with Crippen molar-refractivity contribution in [1.29, 1.82) is 0 Å². The van der Waals surface area contributed by atoms with Crippen LogP contribution in [-0.2, 0) is 10.8 Å². The van der Waals surface area contributed by atoms with Gasteiger partial charge in [-0.2, -0.15) is 0 Å². The van der Waals surface area contributed by atoms with Gasteiger partial charge < -0.3 is 5.11 Å². The van der Waals surface area contributed by atoms with Crippen LogP contribution in [0.25, 0.3) is 72.7 Å². The van der Waals surface area contributed by atoms with Crippen molar-refractivity contribution in [1.82, 2.24) is 14.5 Å². The number of phenolic OH excluding ortho intramolecular Hbond substituents is 1. The van der Waals surface area contributed by atoms with Crippen LogP contribution in [0.4, 0.5) is 0 Å². The molecule has 0 unspecified atom stereocenters. The first-order valence-electron chi connectivity index (χ1n) is 19.0. The zero-order chi connectivity index (χ0) is 38.5. The molecule has 8 rings (SSSR count). The Bertz CT molecular complexity index is 2670. The zero-order valence-electron chi connectivity index (χ0n) is 32.7. The van der Waals surface area contributed by atoms with Crippen LogP contribution in [0.3, 0.4) is 0 Å². The monoisotopic (exact) mass is 717 g/mol. The number of hydrogen-bond acceptors (Lipinski definition) is 3. The molecule has 0 atom stereocenters. The topological polar surface area (TPSA) is 50.9 Å². The average Bonchev–Trinajstić information content (AvgIpc) is 3.57. The number of rotatable bonds is 6. The second kappa shape index (κ2) is 13.9. The highest BCUT2D eigenvalue weighted by Gasteiger charge is 2.23. The summed E-state index contributed by atoms with van der Waals surface area (Å²) in [6.07, 6.45) is 1.92. The third-order valence-electron chi connectivity index (χ3n) is 10.5. The number of nitrogens with zero attached hydrogens (tertiary/aromatic N) is 3. The van der Waals surface area contributed by atoms with Gasteiger partial charge in [0.05, 0.1) is 22.3 Å². The predicted octanol–water partition coefficient (Wildman–Crippen LogP) is 13.4. The maximum atomic E-state index is 11.2. The van der Waals surface area contributed by atoms with E-state index >= 15 is 0 Å². The fourth-order valence-electron chi connectivity index (χ4n) is 7.42. The van der Waals surface area contributed by atoms with E-state index in [1.165, 1.54) is 16.7 Å². The van der Waals surface area contributed by atoms with Crippen molar-refractivity contribution in [3.05, 3.63) is 168 Å². The van der Waals surface area contributed by atoms with Gasteiger partial charge in [-0.05, 0) is 117 Å². The molecule has 0 saturated heterocycles. The van der Waals surface area contributed by atoms with Crippen LogP contribution in [0, 0.1) is 6.92 Å². The maximum absolute atomic E-state index is 11.2. The lowest BCUT2D eigenvalue weighted by molar-refractivity contribution is 0.477. The van der Waals surface area contributed by atoms with Crippen molar-refractivity contribution in [3.63, 3.8) is 0 Å². The summed E-state index contributed by atoms with van der Waals surface area (Å²) in [6, 6.07) is 51.0. The third kappa shape index (κ3) is 7.08. The van der Waals surface area contributed by atoms with Crippen molar-refractivity contribution < 1.29 is 5.11 Å². The van der Waals surface area contributed by atoms with E-state index in [0.717, 1.165) is 61.4 Å². The lowest BCUT2D eigenvalue weighted by Gasteiger charge is -2.22. The van der Waals surface area contributed by atoms with E-state index in [-0.39, 0.29) is 16.6 Å². The Kier molecular flexibility index (Phi) is 9.01. The molecule has 0 amide bonds. The van der Waals surface area contributed by atoms with Gasteiger partial charge in [0, 0.05) is 23.0 Å². The molecule has 8 aromatic rings. The Morgan fingerprint density at radius 2 is 1.18 bits per heavy atom. The number of hydrogen-bond donors (Lipinski definition) is 1. The summed E-state index contributed by atoms with van der Waals surface area (Å²) in [5.41, 5.74) is 15.8. The number of imidazole rings is 1. The highest BCUT2D eigenvalue weighted by Crippen LogP contribution is 2.41. The standard InChI is InChI=1S/C51H47N3O/c1-33-26-37(34-14-9-8-10-15-34)31-42(27-33)54-46-18-13-17-43(48(46)53-49(54)44-16-11-12-19-47(44)55)38-28-39(30-41(29-38)51(5,6)7)45-32-36(24-25-52-45)35-20-22-40(23-21-35)50(2,3)4/h8-32,55H,1-7H3. The molecule has 6 aromatic carbocycles.